The normalized spacial score (nSPS) is 10.0. The molecule has 0 aliphatic rings. The Hall–Kier alpha value is -1.90. The molecule has 1 aromatic heterocycles. The number of hydrogen-bond donors (Lipinski definition) is 0. The Labute approximate surface area is 88.7 Å². The summed E-state index contributed by atoms with van der Waals surface area (Å²) in [6.07, 6.45) is 0. The van der Waals surface area contributed by atoms with Crippen molar-refractivity contribution in [3.05, 3.63) is 42.0 Å². The molecule has 0 unspecified atom stereocenters. The molecule has 15 heavy (non-hydrogen) atoms. The van der Waals surface area contributed by atoms with E-state index in [9.17, 15) is 0 Å². The van der Waals surface area contributed by atoms with E-state index >= 15 is 0 Å². The first-order valence-corrected chi connectivity index (χ1v) is 4.74. The predicted octanol–water partition coefficient (Wildman–Crippen LogP) is 2.46. The van der Waals surface area contributed by atoms with Gasteiger partial charge in [-0.1, -0.05) is 29.8 Å². The molecular formula is C12H12N2O. The maximum atomic E-state index is 4.95. The fourth-order valence-electron chi connectivity index (χ4n) is 1.31. The van der Waals surface area contributed by atoms with Gasteiger partial charge in [-0.3, -0.25) is 0 Å². The van der Waals surface area contributed by atoms with Crippen LogP contribution < -0.4 is 4.74 Å². The van der Waals surface area contributed by atoms with Gasteiger partial charge in [-0.2, -0.15) is 0 Å². The monoisotopic (exact) mass is 200 g/mol. The average molecular weight is 200 g/mol. The number of rotatable bonds is 2. The van der Waals surface area contributed by atoms with E-state index in [1.807, 2.05) is 24.3 Å². The molecule has 2 aromatic rings. The van der Waals surface area contributed by atoms with Crippen molar-refractivity contribution in [2.24, 2.45) is 0 Å². The maximum Gasteiger partial charge on any atom is 0.233 e. The molecule has 76 valence electrons. The van der Waals surface area contributed by atoms with Crippen molar-refractivity contribution in [2.75, 3.05) is 7.11 Å². The fraction of sp³-hybridized carbons (Fsp3) is 0.167. The third kappa shape index (κ3) is 2.13. The summed E-state index contributed by atoms with van der Waals surface area (Å²) in [5.41, 5.74) is 3.16. The first-order chi connectivity index (χ1) is 7.29. The van der Waals surface area contributed by atoms with E-state index in [4.69, 9.17) is 4.74 Å². The second-order valence-corrected chi connectivity index (χ2v) is 3.33. The Kier molecular flexibility index (Phi) is 2.63. The summed E-state index contributed by atoms with van der Waals surface area (Å²) in [5.74, 6) is 0.533. The lowest BCUT2D eigenvalue weighted by atomic mass is 10.1. The van der Waals surface area contributed by atoms with Gasteiger partial charge in [0.1, 0.15) is 0 Å². The molecule has 0 N–H and O–H groups in total. The Morgan fingerprint density at radius 3 is 2.20 bits per heavy atom. The Morgan fingerprint density at radius 2 is 1.67 bits per heavy atom. The van der Waals surface area contributed by atoms with Crippen LogP contribution in [0.25, 0.3) is 11.3 Å². The standard InChI is InChI=1S/C12H12N2O/c1-9-3-5-10(6-4-9)11-7-8-12(15-2)14-13-11/h3-8H,1-2H3. The lowest BCUT2D eigenvalue weighted by Gasteiger charge is -2.01. The van der Waals surface area contributed by atoms with Crippen LogP contribution in [0.2, 0.25) is 0 Å². The highest BCUT2D eigenvalue weighted by Crippen LogP contribution is 2.17. The molecule has 2 rings (SSSR count). The molecule has 0 aliphatic heterocycles. The number of methoxy groups -OCH3 is 1. The Balaban J connectivity index is 2.33. The molecule has 0 bridgehead atoms. The minimum absolute atomic E-state index is 0.533. The molecule has 0 saturated carbocycles. The van der Waals surface area contributed by atoms with Gasteiger partial charge in [-0.05, 0) is 13.0 Å². The third-order valence-electron chi connectivity index (χ3n) is 2.20. The van der Waals surface area contributed by atoms with Gasteiger partial charge in [0.25, 0.3) is 0 Å². The van der Waals surface area contributed by atoms with Gasteiger partial charge in [0.15, 0.2) is 0 Å². The van der Waals surface area contributed by atoms with Crippen molar-refractivity contribution < 1.29 is 4.74 Å². The van der Waals surface area contributed by atoms with Crippen molar-refractivity contribution in [1.29, 1.82) is 0 Å². The number of nitrogens with zero attached hydrogens (tertiary/aromatic N) is 2. The number of aryl methyl sites for hydroxylation is 1. The average Bonchev–Trinajstić information content (AvgIpc) is 2.30. The van der Waals surface area contributed by atoms with E-state index in [-0.39, 0.29) is 0 Å². The van der Waals surface area contributed by atoms with E-state index < -0.39 is 0 Å². The van der Waals surface area contributed by atoms with E-state index in [0.29, 0.717) is 5.88 Å². The SMILES string of the molecule is COc1ccc(-c2ccc(C)cc2)nn1. The molecule has 0 amide bonds. The summed E-state index contributed by atoms with van der Waals surface area (Å²) in [4.78, 5) is 0. The van der Waals surface area contributed by atoms with Crippen LogP contribution in [0.15, 0.2) is 36.4 Å². The van der Waals surface area contributed by atoms with Crippen LogP contribution in [-0.4, -0.2) is 17.3 Å². The van der Waals surface area contributed by atoms with E-state index in [1.165, 1.54) is 5.56 Å². The molecule has 0 aliphatic carbocycles. The summed E-state index contributed by atoms with van der Waals surface area (Å²) in [6.45, 7) is 2.06. The van der Waals surface area contributed by atoms with Crippen molar-refractivity contribution in [2.45, 2.75) is 6.92 Å². The van der Waals surface area contributed by atoms with Gasteiger partial charge >= 0.3 is 0 Å². The quantitative estimate of drug-likeness (QED) is 0.747. The van der Waals surface area contributed by atoms with Gasteiger partial charge in [0, 0.05) is 11.6 Å². The largest absolute Gasteiger partial charge is 0.480 e. The number of hydrogen-bond acceptors (Lipinski definition) is 3. The maximum absolute atomic E-state index is 4.95. The van der Waals surface area contributed by atoms with Crippen molar-refractivity contribution in [3.63, 3.8) is 0 Å². The van der Waals surface area contributed by atoms with Crippen LogP contribution >= 0.6 is 0 Å². The first kappa shape index (κ1) is 9.65. The van der Waals surface area contributed by atoms with Crippen LogP contribution in [0.4, 0.5) is 0 Å². The second kappa shape index (κ2) is 4.09. The van der Waals surface area contributed by atoms with Crippen LogP contribution in [0.5, 0.6) is 5.88 Å². The van der Waals surface area contributed by atoms with Crippen molar-refractivity contribution in [1.82, 2.24) is 10.2 Å². The lowest BCUT2D eigenvalue weighted by molar-refractivity contribution is 0.392. The lowest BCUT2D eigenvalue weighted by Crippen LogP contribution is -1.91. The molecule has 1 heterocycles. The zero-order valence-corrected chi connectivity index (χ0v) is 8.77. The molecule has 3 nitrogen and oxygen atoms in total. The summed E-state index contributed by atoms with van der Waals surface area (Å²) < 4.78 is 4.95. The van der Waals surface area contributed by atoms with Crippen molar-refractivity contribution >= 4 is 0 Å². The number of ether oxygens (including phenoxy) is 1. The van der Waals surface area contributed by atoms with Gasteiger partial charge < -0.3 is 4.74 Å². The minimum atomic E-state index is 0.533. The minimum Gasteiger partial charge on any atom is -0.480 e. The highest BCUT2D eigenvalue weighted by atomic mass is 16.5. The summed E-state index contributed by atoms with van der Waals surface area (Å²) in [6, 6.07) is 11.9. The summed E-state index contributed by atoms with van der Waals surface area (Å²) in [7, 11) is 1.58. The highest BCUT2D eigenvalue weighted by Gasteiger charge is 2.00. The first-order valence-electron chi connectivity index (χ1n) is 4.74. The smallest absolute Gasteiger partial charge is 0.233 e. The van der Waals surface area contributed by atoms with E-state index in [1.54, 1.807) is 7.11 Å². The summed E-state index contributed by atoms with van der Waals surface area (Å²) in [5, 5.41) is 8.00. The molecule has 0 spiro atoms. The number of benzene rings is 1. The van der Waals surface area contributed by atoms with Gasteiger partial charge in [0.2, 0.25) is 5.88 Å². The summed E-state index contributed by atoms with van der Waals surface area (Å²) >= 11 is 0. The van der Waals surface area contributed by atoms with Crippen LogP contribution in [-0.2, 0) is 0 Å². The molecule has 1 aromatic carbocycles. The zero-order valence-electron chi connectivity index (χ0n) is 8.77. The molecule has 0 fully saturated rings. The highest BCUT2D eigenvalue weighted by molar-refractivity contribution is 5.58. The van der Waals surface area contributed by atoms with E-state index in [0.717, 1.165) is 11.3 Å². The van der Waals surface area contributed by atoms with Gasteiger partial charge in [0.05, 0.1) is 12.8 Å². The second-order valence-electron chi connectivity index (χ2n) is 3.33. The zero-order chi connectivity index (χ0) is 10.7. The van der Waals surface area contributed by atoms with Gasteiger partial charge in [-0.25, -0.2) is 0 Å². The predicted molar refractivity (Wildman–Crippen MR) is 58.8 cm³/mol. The van der Waals surface area contributed by atoms with Crippen LogP contribution in [0.1, 0.15) is 5.56 Å². The van der Waals surface area contributed by atoms with Crippen molar-refractivity contribution in [3.8, 4) is 17.1 Å². The molecule has 0 radical (unpaired) electrons. The molecule has 3 heteroatoms. The van der Waals surface area contributed by atoms with Gasteiger partial charge in [-0.15, -0.1) is 10.2 Å². The van der Waals surface area contributed by atoms with E-state index in [2.05, 4.69) is 29.3 Å². The third-order valence-corrected chi connectivity index (χ3v) is 2.20. The molecular weight excluding hydrogens is 188 g/mol. The molecule has 0 atom stereocenters. The number of aromatic nitrogens is 2. The Morgan fingerprint density at radius 1 is 0.933 bits per heavy atom. The fourth-order valence-corrected chi connectivity index (χ4v) is 1.31. The Bertz CT molecular complexity index is 434. The molecule has 0 saturated heterocycles. The topological polar surface area (TPSA) is 35.0 Å². The van der Waals surface area contributed by atoms with Crippen LogP contribution in [0.3, 0.4) is 0 Å². The van der Waals surface area contributed by atoms with Crippen LogP contribution in [0, 0.1) is 6.92 Å².